The van der Waals surface area contributed by atoms with Crippen molar-refractivity contribution in [2.24, 2.45) is 0 Å². The number of aryl methyl sites for hydroxylation is 1. The second-order valence-corrected chi connectivity index (χ2v) is 6.76. The average molecular weight is 287 g/mol. The van der Waals surface area contributed by atoms with Crippen molar-refractivity contribution in [2.45, 2.75) is 70.0 Å². The van der Waals surface area contributed by atoms with Gasteiger partial charge in [0.1, 0.15) is 0 Å². The molecular weight excluding hydrogens is 258 g/mol. The van der Waals surface area contributed by atoms with Crippen LogP contribution in [0, 0.1) is 0 Å². The van der Waals surface area contributed by atoms with Crippen LogP contribution in [0.4, 0.5) is 0 Å². The summed E-state index contributed by atoms with van der Waals surface area (Å²) in [6.07, 6.45) is 10.3. The predicted octanol–water partition coefficient (Wildman–Crippen LogP) is 4.39. The van der Waals surface area contributed by atoms with E-state index in [4.69, 9.17) is 4.74 Å². The highest BCUT2D eigenvalue weighted by atomic mass is 16.5. The van der Waals surface area contributed by atoms with Crippen molar-refractivity contribution in [3.8, 4) is 0 Å². The van der Waals surface area contributed by atoms with Crippen LogP contribution >= 0.6 is 0 Å². The molecule has 0 aromatic heterocycles. The minimum Gasteiger partial charge on any atom is -0.366 e. The molecule has 116 valence electrons. The minimum atomic E-state index is 0.0876. The van der Waals surface area contributed by atoms with Crippen LogP contribution in [0.15, 0.2) is 24.3 Å². The van der Waals surface area contributed by atoms with Gasteiger partial charge in [0.2, 0.25) is 0 Å². The van der Waals surface area contributed by atoms with Gasteiger partial charge in [-0.25, -0.2) is 0 Å². The molecule has 0 bridgehead atoms. The zero-order valence-corrected chi connectivity index (χ0v) is 13.4. The summed E-state index contributed by atoms with van der Waals surface area (Å²) < 4.78 is 6.75. The second-order valence-electron chi connectivity index (χ2n) is 6.76. The van der Waals surface area contributed by atoms with Gasteiger partial charge in [-0.05, 0) is 56.2 Å². The first-order chi connectivity index (χ1) is 10.3. The number of rotatable bonds is 6. The topological polar surface area (TPSA) is 21.3 Å². The van der Waals surface area contributed by atoms with Gasteiger partial charge in [-0.2, -0.15) is 0 Å². The fourth-order valence-electron chi connectivity index (χ4n) is 3.98. The zero-order valence-electron chi connectivity index (χ0n) is 13.4. The van der Waals surface area contributed by atoms with Crippen LogP contribution in [-0.2, 0) is 11.2 Å². The van der Waals surface area contributed by atoms with Crippen molar-refractivity contribution in [2.75, 3.05) is 13.1 Å². The Hall–Kier alpha value is -0.860. The van der Waals surface area contributed by atoms with Gasteiger partial charge in [-0.15, -0.1) is 0 Å². The second kappa shape index (κ2) is 6.93. The van der Waals surface area contributed by atoms with Crippen LogP contribution in [0.3, 0.4) is 0 Å². The normalized spacial score (nSPS) is 24.0. The first-order valence-electron chi connectivity index (χ1n) is 8.79. The van der Waals surface area contributed by atoms with Gasteiger partial charge in [0.05, 0.1) is 11.7 Å². The molecule has 0 spiro atoms. The van der Waals surface area contributed by atoms with E-state index in [0.29, 0.717) is 6.10 Å². The van der Waals surface area contributed by atoms with Crippen LogP contribution in [0.25, 0.3) is 0 Å². The summed E-state index contributed by atoms with van der Waals surface area (Å²) in [6.45, 7) is 4.36. The maximum absolute atomic E-state index is 6.75. The van der Waals surface area contributed by atoms with Gasteiger partial charge in [-0.3, -0.25) is 0 Å². The van der Waals surface area contributed by atoms with Gasteiger partial charge >= 0.3 is 0 Å². The molecular formula is C19H29NO. The van der Waals surface area contributed by atoms with Crippen LogP contribution in [0.5, 0.6) is 0 Å². The zero-order chi connectivity index (χ0) is 14.5. The Morgan fingerprint density at radius 3 is 2.81 bits per heavy atom. The van der Waals surface area contributed by atoms with Crippen molar-refractivity contribution >= 4 is 0 Å². The summed E-state index contributed by atoms with van der Waals surface area (Å²) >= 11 is 0. The number of nitrogens with one attached hydrogen (secondary N) is 1. The summed E-state index contributed by atoms with van der Waals surface area (Å²) in [5, 5.41) is 3.61. The van der Waals surface area contributed by atoms with Crippen molar-refractivity contribution in [3.63, 3.8) is 0 Å². The van der Waals surface area contributed by atoms with Crippen LogP contribution < -0.4 is 5.32 Å². The highest BCUT2D eigenvalue weighted by Crippen LogP contribution is 2.41. The number of hydrogen-bond acceptors (Lipinski definition) is 2. The molecule has 0 heterocycles. The van der Waals surface area contributed by atoms with Crippen molar-refractivity contribution in [1.29, 1.82) is 0 Å². The van der Waals surface area contributed by atoms with Crippen LogP contribution in [0.2, 0.25) is 0 Å². The third kappa shape index (κ3) is 3.49. The minimum absolute atomic E-state index is 0.0876. The highest BCUT2D eigenvalue weighted by Gasteiger charge is 2.38. The molecule has 0 saturated heterocycles. The summed E-state index contributed by atoms with van der Waals surface area (Å²) in [5.74, 6) is 0. The van der Waals surface area contributed by atoms with Crippen molar-refractivity contribution in [3.05, 3.63) is 35.4 Å². The number of fused-ring (bicyclic) bond motifs is 1. The molecule has 1 atom stereocenters. The summed E-state index contributed by atoms with van der Waals surface area (Å²) in [7, 11) is 0. The molecule has 21 heavy (non-hydrogen) atoms. The number of hydrogen-bond donors (Lipinski definition) is 1. The fraction of sp³-hybridized carbons (Fsp3) is 0.684. The average Bonchev–Trinajstić information content (AvgIpc) is 2.97. The van der Waals surface area contributed by atoms with E-state index in [1.54, 1.807) is 0 Å². The molecule has 0 aliphatic heterocycles. The van der Waals surface area contributed by atoms with Gasteiger partial charge in [-0.1, -0.05) is 44.0 Å². The largest absolute Gasteiger partial charge is 0.366 e. The van der Waals surface area contributed by atoms with Crippen molar-refractivity contribution < 1.29 is 4.74 Å². The van der Waals surface area contributed by atoms with Gasteiger partial charge in [0, 0.05) is 6.54 Å². The Balaban J connectivity index is 1.71. The lowest BCUT2D eigenvalue weighted by Crippen LogP contribution is -2.42. The summed E-state index contributed by atoms with van der Waals surface area (Å²) in [6, 6.07) is 8.88. The Morgan fingerprint density at radius 1 is 1.19 bits per heavy atom. The molecule has 1 aromatic carbocycles. The SMILES string of the molecule is CCCNCC1(OC2CCCc3ccccc32)CCCC1. The third-order valence-corrected chi connectivity index (χ3v) is 5.10. The third-order valence-electron chi connectivity index (χ3n) is 5.10. The molecule has 0 amide bonds. The highest BCUT2D eigenvalue weighted by molar-refractivity contribution is 5.31. The standard InChI is InChI=1S/C19H29NO/c1-2-14-20-15-19(12-5-6-13-19)21-18-11-7-9-16-8-3-4-10-17(16)18/h3-4,8,10,18,20H,2,5-7,9,11-15H2,1H3. The van der Waals surface area contributed by atoms with E-state index in [1.165, 1.54) is 62.5 Å². The van der Waals surface area contributed by atoms with E-state index in [-0.39, 0.29) is 5.60 Å². The summed E-state index contributed by atoms with van der Waals surface area (Å²) in [4.78, 5) is 0. The number of ether oxygens (including phenoxy) is 1. The Labute approximate surface area is 129 Å². The van der Waals surface area contributed by atoms with Crippen molar-refractivity contribution in [1.82, 2.24) is 5.32 Å². The lowest BCUT2D eigenvalue weighted by Gasteiger charge is -2.37. The van der Waals surface area contributed by atoms with E-state index in [9.17, 15) is 0 Å². The molecule has 1 saturated carbocycles. The van der Waals surface area contributed by atoms with E-state index >= 15 is 0 Å². The van der Waals surface area contributed by atoms with Gasteiger partial charge < -0.3 is 10.1 Å². The van der Waals surface area contributed by atoms with Gasteiger partial charge in [0.25, 0.3) is 0 Å². The quantitative estimate of drug-likeness (QED) is 0.783. The molecule has 2 heteroatoms. The smallest absolute Gasteiger partial charge is 0.0835 e. The first kappa shape index (κ1) is 15.1. The van der Waals surface area contributed by atoms with Gasteiger partial charge in [0.15, 0.2) is 0 Å². The molecule has 1 N–H and O–H groups in total. The van der Waals surface area contributed by atoms with E-state index < -0.39 is 0 Å². The Morgan fingerprint density at radius 2 is 2.00 bits per heavy atom. The van der Waals surface area contributed by atoms with E-state index in [2.05, 4.69) is 36.5 Å². The Kier molecular flexibility index (Phi) is 4.97. The molecule has 1 unspecified atom stereocenters. The molecule has 1 aromatic rings. The molecule has 2 aliphatic carbocycles. The molecule has 3 rings (SSSR count). The molecule has 2 nitrogen and oxygen atoms in total. The molecule has 1 fully saturated rings. The fourth-order valence-corrected chi connectivity index (χ4v) is 3.98. The van der Waals surface area contributed by atoms with E-state index in [1.807, 2.05) is 0 Å². The molecule has 0 radical (unpaired) electrons. The lowest BCUT2D eigenvalue weighted by molar-refractivity contribution is -0.0965. The maximum atomic E-state index is 6.75. The predicted molar refractivity (Wildman–Crippen MR) is 87.6 cm³/mol. The molecule has 2 aliphatic rings. The van der Waals surface area contributed by atoms with Crippen LogP contribution in [0.1, 0.15) is 69.1 Å². The van der Waals surface area contributed by atoms with E-state index in [0.717, 1.165) is 13.1 Å². The van der Waals surface area contributed by atoms with Crippen LogP contribution in [-0.4, -0.2) is 18.7 Å². The maximum Gasteiger partial charge on any atom is 0.0835 e. The lowest BCUT2D eigenvalue weighted by atomic mass is 9.88. The number of benzene rings is 1. The Bertz CT molecular complexity index is 451. The summed E-state index contributed by atoms with van der Waals surface area (Å²) in [5.41, 5.74) is 3.04. The first-order valence-corrected chi connectivity index (χ1v) is 8.79. The monoisotopic (exact) mass is 287 g/mol.